The summed E-state index contributed by atoms with van der Waals surface area (Å²) >= 11 is 1.31. The molecular formula is C26H25N5O5S. The van der Waals surface area contributed by atoms with Gasteiger partial charge in [-0.3, -0.25) is 14.9 Å². The van der Waals surface area contributed by atoms with Crippen LogP contribution in [0, 0.1) is 6.92 Å². The first-order valence-electron chi connectivity index (χ1n) is 11.8. The molecule has 0 radical (unpaired) electrons. The lowest BCUT2D eigenvalue weighted by molar-refractivity contribution is -0.134. The number of rotatable bonds is 8. The van der Waals surface area contributed by atoms with E-state index in [1.807, 2.05) is 13.8 Å². The van der Waals surface area contributed by atoms with Gasteiger partial charge in [0.1, 0.15) is 17.2 Å². The number of nitrogens with one attached hydrogen (secondary N) is 1. The number of thiazole rings is 1. The van der Waals surface area contributed by atoms with E-state index >= 15 is 0 Å². The first kappa shape index (κ1) is 24.4. The van der Waals surface area contributed by atoms with Crippen LogP contribution in [0.5, 0.6) is 17.2 Å². The van der Waals surface area contributed by atoms with Crippen LogP contribution in [-0.2, 0) is 4.79 Å². The number of likely N-dealkylation sites (tertiary alicyclic amines) is 1. The summed E-state index contributed by atoms with van der Waals surface area (Å²) in [6.45, 7) is 6.30. The molecule has 4 aromatic rings. The first-order chi connectivity index (χ1) is 17.9. The fourth-order valence-electron chi connectivity index (χ4n) is 3.96. The number of aryl methyl sites for hydroxylation is 1. The molecule has 1 aliphatic rings. The highest BCUT2D eigenvalue weighted by molar-refractivity contribution is 7.13. The number of nitrogens with zero attached hydrogens (tertiary/aromatic N) is 4. The van der Waals surface area contributed by atoms with Crippen molar-refractivity contribution in [3.63, 3.8) is 0 Å². The molecule has 1 atom stereocenters. The fraction of sp³-hybridized carbons (Fsp3) is 0.269. The van der Waals surface area contributed by atoms with Gasteiger partial charge >= 0.3 is 0 Å². The third kappa shape index (κ3) is 5.61. The van der Waals surface area contributed by atoms with Gasteiger partial charge in [0, 0.05) is 54.7 Å². The lowest BCUT2D eigenvalue weighted by Crippen LogP contribution is -2.36. The maximum absolute atomic E-state index is 13.0. The molecule has 0 spiro atoms. The van der Waals surface area contributed by atoms with E-state index in [0.717, 1.165) is 5.56 Å². The molecule has 2 aromatic heterocycles. The third-order valence-electron chi connectivity index (χ3n) is 5.75. The number of anilines is 1. The van der Waals surface area contributed by atoms with Crippen molar-refractivity contribution in [3.05, 3.63) is 65.5 Å². The van der Waals surface area contributed by atoms with Crippen molar-refractivity contribution in [3.8, 4) is 28.7 Å². The maximum Gasteiger partial charge on any atom is 0.263 e. The van der Waals surface area contributed by atoms with Gasteiger partial charge in [0.2, 0.25) is 11.8 Å². The van der Waals surface area contributed by atoms with E-state index in [0.29, 0.717) is 52.7 Å². The zero-order chi connectivity index (χ0) is 25.9. The summed E-state index contributed by atoms with van der Waals surface area (Å²) in [6.07, 6.45) is 1.56. The molecule has 2 aromatic carbocycles. The number of carbonyl (C=O) groups is 2. The molecule has 1 N–H and O–H groups in total. The zero-order valence-corrected chi connectivity index (χ0v) is 21.3. The van der Waals surface area contributed by atoms with E-state index in [1.54, 1.807) is 65.9 Å². The van der Waals surface area contributed by atoms with Gasteiger partial charge in [-0.1, -0.05) is 0 Å². The number of ether oxygens (including phenoxy) is 2. The predicted molar refractivity (Wildman–Crippen MR) is 137 cm³/mol. The van der Waals surface area contributed by atoms with Crippen molar-refractivity contribution in [2.45, 2.75) is 39.3 Å². The van der Waals surface area contributed by atoms with E-state index < -0.39 is 6.10 Å². The summed E-state index contributed by atoms with van der Waals surface area (Å²) in [5, 5.41) is 12.9. The minimum atomic E-state index is -0.621. The molecule has 3 heterocycles. The van der Waals surface area contributed by atoms with Gasteiger partial charge in [-0.25, -0.2) is 4.98 Å². The molecule has 37 heavy (non-hydrogen) atoms. The summed E-state index contributed by atoms with van der Waals surface area (Å²) in [6, 6.07) is 12.1. The van der Waals surface area contributed by atoms with Crippen LogP contribution in [0.2, 0.25) is 0 Å². The largest absolute Gasteiger partial charge is 0.480 e. The Balaban J connectivity index is 1.39. The van der Waals surface area contributed by atoms with Crippen LogP contribution in [0.15, 0.2) is 58.5 Å². The number of aromatic nitrogens is 3. The molecule has 1 saturated heterocycles. The summed E-state index contributed by atoms with van der Waals surface area (Å²) in [5.74, 6) is 1.74. The molecule has 0 aliphatic carbocycles. The smallest absolute Gasteiger partial charge is 0.263 e. The molecule has 11 heteroatoms. The Morgan fingerprint density at radius 1 is 1.14 bits per heavy atom. The molecule has 5 rings (SSSR count). The van der Waals surface area contributed by atoms with Crippen LogP contribution in [-0.4, -0.2) is 50.6 Å². The van der Waals surface area contributed by atoms with Crippen LogP contribution in [0.4, 0.5) is 5.13 Å². The second-order valence-corrected chi connectivity index (χ2v) is 9.65. The quantitative estimate of drug-likeness (QED) is 0.348. The number of amides is 2. The summed E-state index contributed by atoms with van der Waals surface area (Å²) in [4.78, 5) is 31.6. The topological polar surface area (TPSA) is 120 Å². The second-order valence-electron chi connectivity index (χ2n) is 8.76. The van der Waals surface area contributed by atoms with Crippen molar-refractivity contribution < 1.29 is 23.5 Å². The van der Waals surface area contributed by atoms with Crippen LogP contribution >= 0.6 is 11.3 Å². The van der Waals surface area contributed by atoms with Gasteiger partial charge in [0.05, 0.1) is 0 Å². The minimum Gasteiger partial charge on any atom is -0.480 e. The number of hydrogen-bond donors (Lipinski definition) is 1. The summed E-state index contributed by atoms with van der Waals surface area (Å²) < 4.78 is 17.6. The molecule has 10 nitrogen and oxygen atoms in total. The standard InChI is InChI=1S/C26H25N5O5S/c1-15(2)31-10-8-22(25(31)33)36-21-13-18(23(32)28-26-27-9-11-37-26)12-20(14-21)35-19-6-4-17(5-7-19)24-30-29-16(3)34-24/h4-7,9,11-15,22H,8,10H2,1-3H3,(H,27,28,32). The molecule has 1 fully saturated rings. The molecule has 1 aliphatic heterocycles. The van der Waals surface area contributed by atoms with Crippen molar-refractivity contribution in [1.82, 2.24) is 20.1 Å². The highest BCUT2D eigenvalue weighted by Crippen LogP contribution is 2.31. The predicted octanol–water partition coefficient (Wildman–Crippen LogP) is 4.93. The van der Waals surface area contributed by atoms with E-state index in [4.69, 9.17) is 13.9 Å². The zero-order valence-electron chi connectivity index (χ0n) is 20.5. The average molecular weight is 520 g/mol. The fourth-order valence-corrected chi connectivity index (χ4v) is 4.48. The van der Waals surface area contributed by atoms with Crippen LogP contribution in [0.1, 0.15) is 36.5 Å². The van der Waals surface area contributed by atoms with E-state index in [2.05, 4.69) is 20.5 Å². The Morgan fingerprint density at radius 3 is 2.57 bits per heavy atom. The number of hydrogen-bond acceptors (Lipinski definition) is 9. The SMILES string of the molecule is Cc1nnc(-c2ccc(Oc3cc(OC4CCN(C(C)C)C4=O)cc(C(=O)Nc4nccs4)c3)cc2)o1. The normalized spacial score (nSPS) is 15.3. The highest BCUT2D eigenvalue weighted by Gasteiger charge is 2.34. The van der Waals surface area contributed by atoms with E-state index in [-0.39, 0.29) is 17.9 Å². The van der Waals surface area contributed by atoms with Crippen molar-refractivity contribution in [2.75, 3.05) is 11.9 Å². The molecule has 2 amide bonds. The van der Waals surface area contributed by atoms with Gasteiger partial charge in [-0.05, 0) is 50.2 Å². The van der Waals surface area contributed by atoms with Gasteiger partial charge in [0.25, 0.3) is 11.8 Å². The Morgan fingerprint density at radius 2 is 1.92 bits per heavy atom. The molecule has 190 valence electrons. The van der Waals surface area contributed by atoms with Crippen molar-refractivity contribution in [1.29, 1.82) is 0 Å². The Labute approximate surface area is 217 Å². The number of carbonyl (C=O) groups excluding carboxylic acids is 2. The van der Waals surface area contributed by atoms with Gasteiger partial charge in [-0.2, -0.15) is 0 Å². The van der Waals surface area contributed by atoms with Crippen LogP contribution < -0.4 is 14.8 Å². The Bertz CT molecular complexity index is 1400. The molecule has 0 bridgehead atoms. The third-order valence-corrected chi connectivity index (χ3v) is 6.44. The Kier molecular flexibility index (Phi) is 6.87. The van der Waals surface area contributed by atoms with Crippen LogP contribution in [0.25, 0.3) is 11.5 Å². The van der Waals surface area contributed by atoms with Gasteiger partial charge < -0.3 is 18.8 Å². The highest BCUT2D eigenvalue weighted by atomic mass is 32.1. The summed E-state index contributed by atoms with van der Waals surface area (Å²) in [7, 11) is 0. The van der Waals surface area contributed by atoms with Crippen LogP contribution in [0.3, 0.4) is 0 Å². The Hall–Kier alpha value is -4.25. The molecule has 1 unspecified atom stereocenters. The lowest BCUT2D eigenvalue weighted by Gasteiger charge is -2.21. The van der Waals surface area contributed by atoms with E-state index in [1.165, 1.54) is 11.3 Å². The first-order valence-corrected chi connectivity index (χ1v) is 12.6. The van der Waals surface area contributed by atoms with E-state index in [9.17, 15) is 9.59 Å². The molecule has 0 saturated carbocycles. The second kappa shape index (κ2) is 10.4. The van der Waals surface area contributed by atoms with Crippen molar-refractivity contribution in [2.24, 2.45) is 0 Å². The van der Waals surface area contributed by atoms with Gasteiger partial charge in [-0.15, -0.1) is 21.5 Å². The monoisotopic (exact) mass is 519 g/mol. The average Bonchev–Trinajstić information content (AvgIpc) is 3.62. The van der Waals surface area contributed by atoms with Gasteiger partial charge in [0.15, 0.2) is 11.2 Å². The number of benzene rings is 2. The maximum atomic E-state index is 13.0. The lowest BCUT2D eigenvalue weighted by atomic mass is 10.1. The minimum absolute atomic E-state index is 0.0676. The van der Waals surface area contributed by atoms with Crippen molar-refractivity contribution >= 4 is 28.3 Å². The molecular weight excluding hydrogens is 494 g/mol. The summed E-state index contributed by atoms with van der Waals surface area (Å²) in [5.41, 5.74) is 1.06.